The number of benzene rings is 7. The molecule has 0 aliphatic rings. The molecule has 0 bridgehead atoms. The SMILES string of the molecule is CC(C)c1[c-]c(-c2nccc3c2ccc2c4ccccc4ccc32)cc(-c2ccc(-c3ccccc3)cc2)c1.[Ir].[c-]1ccccc1-c1ccccn1. The Hall–Kier alpha value is -5.73. The van der Waals surface area contributed by atoms with Gasteiger partial charge in [-0.1, -0.05) is 129 Å². The van der Waals surface area contributed by atoms with Gasteiger partial charge in [-0.3, -0.25) is 0 Å². The summed E-state index contributed by atoms with van der Waals surface area (Å²) in [4.78, 5) is 9.12. The Balaban J connectivity index is 0.000000275. The van der Waals surface area contributed by atoms with Crippen molar-refractivity contribution in [1.29, 1.82) is 0 Å². The summed E-state index contributed by atoms with van der Waals surface area (Å²) in [6.07, 6.45) is 3.73. The van der Waals surface area contributed by atoms with Crippen LogP contribution in [0.4, 0.5) is 0 Å². The van der Waals surface area contributed by atoms with Crippen LogP contribution in [0.15, 0.2) is 176 Å². The monoisotopic (exact) mass is 845 g/mol. The summed E-state index contributed by atoms with van der Waals surface area (Å²) in [5, 5.41) is 7.45. The average Bonchev–Trinajstić information content (AvgIpc) is 3.21. The second-order valence-electron chi connectivity index (χ2n) is 13.0. The molecule has 0 saturated carbocycles. The summed E-state index contributed by atoms with van der Waals surface area (Å²) in [5.41, 5.74) is 10.1. The van der Waals surface area contributed by atoms with Crippen molar-refractivity contribution in [2.24, 2.45) is 0 Å². The molecule has 0 saturated heterocycles. The van der Waals surface area contributed by atoms with Gasteiger partial charge in [0.2, 0.25) is 0 Å². The summed E-state index contributed by atoms with van der Waals surface area (Å²) < 4.78 is 0. The fraction of sp³-hybridized carbons (Fsp3) is 0.0612. The fourth-order valence-corrected chi connectivity index (χ4v) is 6.73. The van der Waals surface area contributed by atoms with Crippen LogP contribution in [0.3, 0.4) is 0 Å². The third kappa shape index (κ3) is 7.20. The van der Waals surface area contributed by atoms with Crippen molar-refractivity contribution in [1.82, 2.24) is 9.97 Å². The molecule has 0 aliphatic carbocycles. The quantitative estimate of drug-likeness (QED) is 0.127. The number of aromatic nitrogens is 2. The van der Waals surface area contributed by atoms with E-state index in [2.05, 4.69) is 152 Å². The van der Waals surface area contributed by atoms with E-state index in [-0.39, 0.29) is 20.1 Å². The number of rotatable bonds is 5. The molecule has 253 valence electrons. The zero-order valence-corrected chi connectivity index (χ0v) is 31.4. The van der Waals surface area contributed by atoms with Gasteiger partial charge in [-0.05, 0) is 78.4 Å². The average molecular weight is 845 g/mol. The number of nitrogens with zero attached hydrogens (tertiary/aromatic N) is 2. The molecule has 7 aromatic carbocycles. The Labute approximate surface area is 319 Å². The van der Waals surface area contributed by atoms with Gasteiger partial charge in [0.15, 0.2) is 0 Å². The Morgan fingerprint density at radius 1 is 0.462 bits per heavy atom. The second-order valence-corrected chi connectivity index (χ2v) is 13.0. The van der Waals surface area contributed by atoms with Gasteiger partial charge >= 0.3 is 0 Å². The first-order valence-corrected chi connectivity index (χ1v) is 17.4. The van der Waals surface area contributed by atoms with Crippen LogP contribution in [0.25, 0.3) is 77.1 Å². The molecular formula is C49H36IrN2-2. The zero-order valence-electron chi connectivity index (χ0n) is 29.0. The van der Waals surface area contributed by atoms with Crippen LogP contribution >= 0.6 is 0 Å². The van der Waals surface area contributed by atoms with E-state index in [1.165, 1.54) is 54.7 Å². The number of hydrogen-bond donors (Lipinski definition) is 0. The van der Waals surface area contributed by atoms with Gasteiger partial charge in [-0.15, -0.1) is 70.8 Å². The molecule has 0 spiro atoms. The fourth-order valence-electron chi connectivity index (χ4n) is 6.73. The largest absolute Gasteiger partial charge is 0.305 e. The maximum absolute atomic E-state index is 4.90. The van der Waals surface area contributed by atoms with Crippen molar-refractivity contribution < 1.29 is 20.1 Å². The molecule has 9 aromatic rings. The summed E-state index contributed by atoms with van der Waals surface area (Å²) in [5.74, 6) is 0.356. The maximum Gasteiger partial charge on any atom is 0.0167 e. The molecule has 0 atom stereocenters. The van der Waals surface area contributed by atoms with Crippen molar-refractivity contribution in [3.05, 3.63) is 194 Å². The van der Waals surface area contributed by atoms with Crippen LogP contribution in [0.2, 0.25) is 0 Å². The second kappa shape index (κ2) is 15.7. The normalized spacial score (nSPS) is 10.9. The van der Waals surface area contributed by atoms with E-state index >= 15 is 0 Å². The van der Waals surface area contributed by atoms with Gasteiger partial charge in [0, 0.05) is 32.5 Å². The standard InChI is InChI=1S/C38H28N.C11H8N.Ir/c1-25(2)30-22-31(28-14-12-27(13-15-28)26-8-4-3-5-9-26)24-32(23-30)38-37-19-18-34-33-11-7-6-10-29(33)16-17-35(34)36(37)20-21-39-38;1-2-6-10(7-3-1)11-8-4-5-9-12-11;/h3-22,24-25H,1-2H3;1-6,8-9H;/q2*-1;. The van der Waals surface area contributed by atoms with Crippen molar-refractivity contribution >= 4 is 32.3 Å². The van der Waals surface area contributed by atoms with Crippen molar-refractivity contribution in [2.75, 3.05) is 0 Å². The third-order valence-corrected chi connectivity index (χ3v) is 9.41. The minimum absolute atomic E-state index is 0. The van der Waals surface area contributed by atoms with E-state index in [1.54, 1.807) is 6.20 Å². The van der Waals surface area contributed by atoms with Crippen LogP contribution in [0, 0.1) is 12.1 Å². The molecule has 2 aromatic heterocycles. The Kier molecular flexibility index (Phi) is 10.5. The molecule has 0 amide bonds. The van der Waals surface area contributed by atoms with Gasteiger partial charge in [0.25, 0.3) is 0 Å². The van der Waals surface area contributed by atoms with Crippen molar-refractivity contribution in [3.8, 4) is 44.8 Å². The molecule has 52 heavy (non-hydrogen) atoms. The number of hydrogen-bond acceptors (Lipinski definition) is 2. The van der Waals surface area contributed by atoms with E-state index < -0.39 is 0 Å². The Morgan fingerprint density at radius 2 is 1.12 bits per heavy atom. The third-order valence-electron chi connectivity index (χ3n) is 9.41. The summed E-state index contributed by atoms with van der Waals surface area (Å²) in [7, 11) is 0. The first kappa shape index (κ1) is 34.7. The van der Waals surface area contributed by atoms with Crippen LogP contribution in [-0.2, 0) is 20.1 Å². The molecule has 0 aliphatic heterocycles. The van der Waals surface area contributed by atoms with Crippen molar-refractivity contribution in [2.45, 2.75) is 19.8 Å². The van der Waals surface area contributed by atoms with E-state index in [9.17, 15) is 0 Å². The smallest absolute Gasteiger partial charge is 0.0167 e. The molecule has 2 heterocycles. The Bertz CT molecular complexity index is 2540. The first-order chi connectivity index (χ1) is 25.1. The van der Waals surface area contributed by atoms with Gasteiger partial charge in [0.05, 0.1) is 0 Å². The summed E-state index contributed by atoms with van der Waals surface area (Å²) in [6, 6.07) is 64.1. The van der Waals surface area contributed by atoms with E-state index in [1.807, 2.05) is 48.7 Å². The molecule has 3 heteroatoms. The number of pyridine rings is 2. The van der Waals surface area contributed by atoms with E-state index in [0.29, 0.717) is 5.92 Å². The molecule has 2 nitrogen and oxygen atoms in total. The topological polar surface area (TPSA) is 25.8 Å². The van der Waals surface area contributed by atoms with Gasteiger partial charge in [0.1, 0.15) is 0 Å². The van der Waals surface area contributed by atoms with E-state index in [0.717, 1.165) is 27.9 Å². The predicted molar refractivity (Wildman–Crippen MR) is 214 cm³/mol. The van der Waals surface area contributed by atoms with E-state index in [4.69, 9.17) is 4.98 Å². The van der Waals surface area contributed by atoms with Crippen LogP contribution in [0.5, 0.6) is 0 Å². The summed E-state index contributed by atoms with van der Waals surface area (Å²) in [6.45, 7) is 4.46. The molecular weight excluding hydrogens is 809 g/mol. The van der Waals surface area contributed by atoms with Crippen LogP contribution in [0.1, 0.15) is 25.3 Å². The summed E-state index contributed by atoms with van der Waals surface area (Å²) >= 11 is 0. The Morgan fingerprint density at radius 3 is 1.87 bits per heavy atom. The molecule has 0 N–H and O–H groups in total. The zero-order chi connectivity index (χ0) is 34.6. The van der Waals surface area contributed by atoms with Gasteiger partial charge in [-0.25, -0.2) is 0 Å². The maximum atomic E-state index is 4.90. The predicted octanol–water partition coefficient (Wildman–Crippen LogP) is 13.0. The van der Waals surface area contributed by atoms with Crippen molar-refractivity contribution in [3.63, 3.8) is 0 Å². The van der Waals surface area contributed by atoms with Gasteiger partial charge < -0.3 is 9.97 Å². The first-order valence-electron chi connectivity index (χ1n) is 17.4. The molecule has 9 rings (SSSR count). The molecule has 1 radical (unpaired) electrons. The minimum atomic E-state index is 0. The number of fused-ring (bicyclic) bond motifs is 5. The molecule has 0 unspecified atom stereocenters. The molecule has 0 fully saturated rings. The van der Waals surface area contributed by atoms with Gasteiger partial charge in [-0.2, -0.15) is 0 Å². The minimum Gasteiger partial charge on any atom is -0.305 e. The van der Waals surface area contributed by atoms with Crippen LogP contribution in [-0.4, -0.2) is 9.97 Å². The van der Waals surface area contributed by atoms with Crippen LogP contribution < -0.4 is 0 Å².